The molecule has 0 unspecified atom stereocenters. The Morgan fingerprint density at radius 1 is 1.31 bits per heavy atom. The quantitative estimate of drug-likeness (QED) is 0.820. The van der Waals surface area contributed by atoms with Gasteiger partial charge < -0.3 is 15.5 Å². The summed E-state index contributed by atoms with van der Waals surface area (Å²) in [5.41, 5.74) is 6.23. The van der Waals surface area contributed by atoms with Gasteiger partial charge in [-0.05, 0) is 6.07 Å². The zero-order valence-corrected chi connectivity index (χ0v) is 8.42. The third-order valence-corrected chi connectivity index (χ3v) is 2.13. The standard InChI is InChI=1S/C10H9F2N3O/c1-16-9-3-7(12)6(11)2-5(9)8-4-14-10(13)15-8/h2-4H,1H3,(H3,13,14,15). The number of hydrogen-bond acceptors (Lipinski definition) is 3. The van der Waals surface area contributed by atoms with Gasteiger partial charge in [0.1, 0.15) is 5.75 Å². The zero-order valence-electron chi connectivity index (χ0n) is 8.42. The van der Waals surface area contributed by atoms with Gasteiger partial charge in [-0.2, -0.15) is 0 Å². The molecule has 3 N–H and O–H groups in total. The average Bonchev–Trinajstić information content (AvgIpc) is 2.68. The molecule has 2 rings (SSSR count). The van der Waals surface area contributed by atoms with Crippen molar-refractivity contribution in [2.24, 2.45) is 0 Å². The maximum atomic E-state index is 13.1. The van der Waals surface area contributed by atoms with Gasteiger partial charge in [0.05, 0.1) is 19.0 Å². The van der Waals surface area contributed by atoms with Gasteiger partial charge in [0.2, 0.25) is 0 Å². The van der Waals surface area contributed by atoms with Gasteiger partial charge in [0, 0.05) is 11.6 Å². The Labute approximate surface area is 90.1 Å². The first kappa shape index (κ1) is 10.4. The number of ether oxygens (including phenoxy) is 1. The number of halogens is 2. The largest absolute Gasteiger partial charge is 0.496 e. The molecule has 6 heteroatoms. The molecule has 0 aliphatic carbocycles. The summed E-state index contributed by atoms with van der Waals surface area (Å²) in [4.78, 5) is 6.48. The molecule has 1 heterocycles. The Bertz CT molecular complexity index is 525. The van der Waals surface area contributed by atoms with Crippen LogP contribution < -0.4 is 10.5 Å². The molecule has 4 nitrogen and oxygen atoms in total. The number of nitrogens with zero attached hydrogens (tertiary/aromatic N) is 1. The van der Waals surface area contributed by atoms with Crippen molar-refractivity contribution in [2.45, 2.75) is 0 Å². The molecule has 0 saturated carbocycles. The molecule has 0 aliphatic heterocycles. The highest BCUT2D eigenvalue weighted by molar-refractivity contribution is 5.67. The highest BCUT2D eigenvalue weighted by atomic mass is 19.2. The molecule has 1 aromatic carbocycles. The summed E-state index contributed by atoms with van der Waals surface area (Å²) in [5, 5.41) is 0. The zero-order chi connectivity index (χ0) is 11.7. The molecular formula is C10H9F2N3O. The first-order valence-corrected chi connectivity index (χ1v) is 4.45. The molecule has 0 bridgehead atoms. The number of benzene rings is 1. The number of nitrogens with two attached hydrogens (primary N) is 1. The molecule has 16 heavy (non-hydrogen) atoms. The third kappa shape index (κ3) is 1.69. The van der Waals surface area contributed by atoms with Crippen LogP contribution in [0.25, 0.3) is 11.3 Å². The lowest BCUT2D eigenvalue weighted by Crippen LogP contribution is -1.93. The van der Waals surface area contributed by atoms with Crippen LogP contribution >= 0.6 is 0 Å². The van der Waals surface area contributed by atoms with E-state index in [9.17, 15) is 8.78 Å². The fourth-order valence-corrected chi connectivity index (χ4v) is 1.38. The number of hydrogen-bond donors (Lipinski definition) is 2. The predicted molar refractivity (Wildman–Crippen MR) is 54.9 cm³/mol. The lowest BCUT2D eigenvalue weighted by molar-refractivity contribution is 0.408. The Balaban J connectivity index is 2.59. The minimum Gasteiger partial charge on any atom is -0.496 e. The van der Waals surface area contributed by atoms with Gasteiger partial charge in [-0.1, -0.05) is 0 Å². The maximum Gasteiger partial charge on any atom is 0.197 e. The highest BCUT2D eigenvalue weighted by Crippen LogP contribution is 2.30. The molecular weight excluding hydrogens is 216 g/mol. The van der Waals surface area contributed by atoms with E-state index < -0.39 is 11.6 Å². The molecule has 0 radical (unpaired) electrons. The number of aromatic nitrogens is 2. The molecule has 1 aromatic heterocycles. The summed E-state index contributed by atoms with van der Waals surface area (Å²) < 4.78 is 31.0. The van der Waals surface area contributed by atoms with Crippen LogP contribution in [0.1, 0.15) is 0 Å². The molecule has 0 fully saturated rings. The highest BCUT2D eigenvalue weighted by Gasteiger charge is 2.13. The van der Waals surface area contributed by atoms with Crippen molar-refractivity contribution < 1.29 is 13.5 Å². The smallest absolute Gasteiger partial charge is 0.197 e. The number of H-pyrrole nitrogens is 1. The van der Waals surface area contributed by atoms with E-state index in [0.29, 0.717) is 11.3 Å². The van der Waals surface area contributed by atoms with Crippen molar-refractivity contribution in [3.63, 3.8) is 0 Å². The van der Waals surface area contributed by atoms with E-state index in [1.807, 2.05) is 0 Å². The summed E-state index contributed by atoms with van der Waals surface area (Å²) in [6.07, 6.45) is 1.42. The molecule has 84 valence electrons. The first-order chi connectivity index (χ1) is 7.61. The normalized spacial score (nSPS) is 10.4. The van der Waals surface area contributed by atoms with E-state index in [1.165, 1.54) is 13.3 Å². The number of imidazole rings is 1. The van der Waals surface area contributed by atoms with E-state index >= 15 is 0 Å². The lowest BCUT2D eigenvalue weighted by Gasteiger charge is -2.07. The van der Waals surface area contributed by atoms with E-state index in [2.05, 4.69) is 9.97 Å². The minimum absolute atomic E-state index is 0.196. The number of nitrogens with one attached hydrogen (secondary N) is 1. The van der Waals surface area contributed by atoms with E-state index in [0.717, 1.165) is 12.1 Å². The minimum atomic E-state index is -0.965. The number of nitrogen functional groups attached to an aromatic ring is 1. The number of aromatic amines is 1. The van der Waals surface area contributed by atoms with Gasteiger partial charge in [0.25, 0.3) is 0 Å². The Morgan fingerprint density at radius 2 is 2.00 bits per heavy atom. The summed E-state index contributed by atoms with van der Waals surface area (Å²) >= 11 is 0. The van der Waals surface area contributed by atoms with Crippen molar-refractivity contribution in [1.29, 1.82) is 0 Å². The van der Waals surface area contributed by atoms with Crippen molar-refractivity contribution in [3.05, 3.63) is 30.0 Å². The van der Waals surface area contributed by atoms with E-state index in [-0.39, 0.29) is 11.7 Å². The van der Waals surface area contributed by atoms with Crippen LogP contribution in [0.15, 0.2) is 18.3 Å². The fourth-order valence-electron chi connectivity index (χ4n) is 1.38. The Hall–Kier alpha value is -2.11. The first-order valence-electron chi connectivity index (χ1n) is 4.45. The van der Waals surface area contributed by atoms with Crippen LogP contribution in [0, 0.1) is 11.6 Å². The molecule has 0 aliphatic rings. The summed E-state index contributed by atoms with van der Waals surface area (Å²) in [6, 6.07) is 2.00. The van der Waals surface area contributed by atoms with Crippen LogP contribution in [-0.4, -0.2) is 17.1 Å². The van der Waals surface area contributed by atoms with Crippen LogP contribution in [0.3, 0.4) is 0 Å². The molecule has 0 amide bonds. The Kier molecular flexibility index (Phi) is 2.47. The number of anilines is 1. The molecule has 0 spiro atoms. The van der Waals surface area contributed by atoms with Crippen molar-refractivity contribution >= 4 is 5.95 Å². The SMILES string of the molecule is COc1cc(F)c(F)cc1-c1cnc(N)[nH]1. The van der Waals surface area contributed by atoms with E-state index in [4.69, 9.17) is 10.5 Å². The van der Waals surface area contributed by atoms with Crippen LogP contribution in [0.2, 0.25) is 0 Å². The average molecular weight is 225 g/mol. The monoisotopic (exact) mass is 225 g/mol. The van der Waals surface area contributed by atoms with Gasteiger partial charge in [0.15, 0.2) is 17.6 Å². The van der Waals surface area contributed by atoms with Crippen LogP contribution in [0.5, 0.6) is 5.75 Å². The van der Waals surface area contributed by atoms with Gasteiger partial charge >= 0.3 is 0 Å². The van der Waals surface area contributed by atoms with E-state index in [1.54, 1.807) is 0 Å². The predicted octanol–water partition coefficient (Wildman–Crippen LogP) is 1.95. The second-order valence-electron chi connectivity index (χ2n) is 3.15. The summed E-state index contributed by atoms with van der Waals surface area (Å²) in [7, 11) is 1.37. The topological polar surface area (TPSA) is 63.9 Å². The second-order valence-corrected chi connectivity index (χ2v) is 3.15. The lowest BCUT2D eigenvalue weighted by atomic mass is 10.1. The molecule has 0 atom stereocenters. The van der Waals surface area contributed by atoms with Crippen LogP contribution in [0.4, 0.5) is 14.7 Å². The second kappa shape index (κ2) is 3.80. The maximum absolute atomic E-state index is 13.1. The third-order valence-electron chi connectivity index (χ3n) is 2.13. The van der Waals surface area contributed by atoms with Crippen molar-refractivity contribution in [1.82, 2.24) is 9.97 Å². The molecule has 0 saturated heterocycles. The summed E-state index contributed by atoms with van der Waals surface area (Å²) in [5.74, 6) is -1.51. The van der Waals surface area contributed by atoms with Gasteiger partial charge in [-0.3, -0.25) is 0 Å². The van der Waals surface area contributed by atoms with Crippen molar-refractivity contribution in [3.8, 4) is 17.0 Å². The Morgan fingerprint density at radius 3 is 2.56 bits per heavy atom. The van der Waals surface area contributed by atoms with Gasteiger partial charge in [-0.15, -0.1) is 0 Å². The van der Waals surface area contributed by atoms with Gasteiger partial charge in [-0.25, -0.2) is 13.8 Å². The van der Waals surface area contributed by atoms with Crippen LogP contribution in [-0.2, 0) is 0 Å². The number of methoxy groups -OCH3 is 1. The van der Waals surface area contributed by atoms with Crippen molar-refractivity contribution in [2.75, 3.05) is 12.8 Å². The number of rotatable bonds is 2. The summed E-state index contributed by atoms with van der Waals surface area (Å²) in [6.45, 7) is 0. The molecule has 2 aromatic rings. The fraction of sp³-hybridized carbons (Fsp3) is 0.100.